The van der Waals surface area contributed by atoms with Crippen molar-refractivity contribution in [3.05, 3.63) is 28.3 Å². The van der Waals surface area contributed by atoms with Crippen molar-refractivity contribution in [2.75, 3.05) is 38.8 Å². The van der Waals surface area contributed by atoms with Crippen LogP contribution in [0.4, 0.5) is 11.4 Å². The normalized spacial score (nSPS) is 16.3. The highest BCUT2D eigenvalue weighted by atomic mass is 16.6. The summed E-state index contributed by atoms with van der Waals surface area (Å²) in [5, 5.41) is 13.0. The first-order valence-corrected chi connectivity index (χ1v) is 5.63. The molecule has 1 aliphatic heterocycles. The second kappa shape index (κ2) is 5.65. The van der Waals surface area contributed by atoms with Gasteiger partial charge in [-0.2, -0.15) is 0 Å². The number of nitrogens with one attached hydrogen (secondary N) is 1. The van der Waals surface area contributed by atoms with Crippen LogP contribution < -0.4 is 10.2 Å². The Kier molecular flexibility index (Phi) is 3.96. The second-order valence-corrected chi connectivity index (χ2v) is 3.82. The molecule has 0 bridgehead atoms. The molecule has 1 N–H and O–H groups in total. The van der Waals surface area contributed by atoms with E-state index in [0.717, 1.165) is 0 Å². The molecule has 0 amide bonds. The number of anilines is 1. The molecule has 0 unspecified atom stereocenters. The maximum atomic E-state index is 11.1. The smallest absolute Gasteiger partial charge is 0.335 e. The third-order valence-corrected chi connectivity index (χ3v) is 2.69. The quantitative estimate of drug-likeness (QED) is 0.643. The number of nitrogens with zero attached hydrogens (tertiary/aromatic N) is 2. The molecule has 1 aromatic rings. The van der Waals surface area contributed by atoms with Gasteiger partial charge < -0.3 is 14.9 Å². The van der Waals surface area contributed by atoms with Crippen LogP contribution in [-0.4, -0.2) is 43.3 Å². The molecule has 1 aromatic carbocycles. The summed E-state index contributed by atoms with van der Waals surface area (Å²) in [7, 11) is 1.42. The van der Waals surface area contributed by atoms with Crippen LogP contribution in [0.1, 0.15) is 0 Å². The minimum absolute atomic E-state index is 0.0495. The van der Waals surface area contributed by atoms with Crippen LogP contribution in [0.5, 0.6) is 5.75 Å². The number of benzene rings is 1. The van der Waals surface area contributed by atoms with Gasteiger partial charge in [-0.25, -0.2) is 5.01 Å². The van der Waals surface area contributed by atoms with Crippen molar-refractivity contribution >= 4 is 11.4 Å². The van der Waals surface area contributed by atoms with Gasteiger partial charge in [0.25, 0.3) is 0 Å². The van der Waals surface area contributed by atoms with E-state index < -0.39 is 4.92 Å². The molecule has 0 spiro atoms. The van der Waals surface area contributed by atoms with E-state index in [1.54, 1.807) is 18.2 Å². The summed E-state index contributed by atoms with van der Waals surface area (Å²) in [5.74, 6) is 0.248. The first-order valence-electron chi connectivity index (χ1n) is 5.63. The summed E-state index contributed by atoms with van der Waals surface area (Å²) in [6.07, 6.45) is 0. The topological polar surface area (TPSA) is 76.9 Å². The fourth-order valence-corrected chi connectivity index (χ4v) is 1.81. The van der Waals surface area contributed by atoms with Crippen molar-refractivity contribution < 1.29 is 14.4 Å². The molecule has 98 valence electrons. The van der Waals surface area contributed by atoms with Crippen LogP contribution in [0.15, 0.2) is 18.2 Å². The molecule has 2 rings (SSSR count). The number of rotatable bonds is 4. The van der Waals surface area contributed by atoms with E-state index in [1.165, 1.54) is 7.11 Å². The number of para-hydroxylation sites is 1. The lowest BCUT2D eigenvalue weighted by atomic mass is 10.2. The zero-order valence-corrected chi connectivity index (χ0v) is 10.1. The molecule has 1 saturated heterocycles. The summed E-state index contributed by atoms with van der Waals surface area (Å²) < 4.78 is 10.2. The van der Waals surface area contributed by atoms with Crippen LogP contribution in [0.25, 0.3) is 0 Å². The van der Waals surface area contributed by atoms with Gasteiger partial charge in [0, 0.05) is 13.1 Å². The molecule has 7 nitrogen and oxygen atoms in total. The van der Waals surface area contributed by atoms with Crippen LogP contribution in [0.3, 0.4) is 0 Å². The number of nitro benzene ring substituents is 1. The van der Waals surface area contributed by atoms with Crippen LogP contribution in [0.2, 0.25) is 0 Å². The molecule has 7 heteroatoms. The van der Waals surface area contributed by atoms with Gasteiger partial charge >= 0.3 is 5.69 Å². The monoisotopic (exact) mass is 253 g/mol. The molecular weight excluding hydrogens is 238 g/mol. The van der Waals surface area contributed by atoms with Gasteiger partial charge in [-0.05, 0) is 12.1 Å². The molecule has 0 aliphatic carbocycles. The Hall–Kier alpha value is -1.86. The lowest BCUT2D eigenvalue weighted by molar-refractivity contribution is -0.384. The number of nitro groups is 1. The highest BCUT2D eigenvalue weighted by Gasteiger charge is 2.22. The second-order valence-electron chi connectivity index (χ2n) is 3.82. The number of hydrogen-bond acceptors (Lipinski definition) is 6. The zero-order valence-electron chi connectivity index (χ0n) is 10.1. The Balaban J connectivity index is 2.23. The molecule has 18 heavy (non-hydrogen) atoms. The zero-order chi connectivity index (χ0) is 13.0. The number of ether oxygens (including phenoxy) is 2. The van der Waals surface area contributed by atoms with Gasteiger partial charge in [-0.15, -0.1) is 0 Å². The van der Waals surface area contributed by atoms with E-state index in [1.807, 2.05) is 5.01 Å². The van der Waals surface area contributed by atoms with Crippen molar-refractivity contribution in [3.63, 3.8) is 0 Å². The minimum Gasteiger partial charge on any atom is -0.490 e. The van der Waals surface area contributed by atoms with E-state index >= 15 is 0 Å². The van der Waals surface area contributed by atoms with E-state index in [9.17, 15) is 10.1 Å². The molecule has 1 fully saturated rings. The average molecular weight is 253 g/mol. The highest BCUT2D eigenvalue weighted by molar-refractivity contribution is 5.68. The van der Waals surface area contributed by atoms with Crippen LogP contribution in [-0.2, 0) is 4.74 Å². The third kappa shape index (κ3) is 2.69. The number of methoxy groups -OCH3 is 1. The molecule has 0 radical (unpaired) electrons. The van der Waals surface area contributed by atoms with E-state index in [-0.39, 0.29) is 11.4 Å². The third-order valence-electron chi connectivity index (χ3n) is 2.69. The van der Waals surface area contributed by atoms with Crippen molar-refractivity contribution in [3.8, 4) is 5.75 Å². The first-order chi connectivity index (χ1) is 8.72. The maximum absolute atomic E-state index is 11.1. The first kappa shape index (κ1) is 12.6. The summed E-state index contributed by atoms with van der Waals surface area (Å²) in [5.41, 5.74) is 3.42. The fourth-order valence-electron chi connectivity index (χ4n) is 1.81. The van der Waals surface area contributed by atoms with Gasteiger partial charge in [0.2, 0.25) is 0 Å². The van der Waals surface area contributed by atoms with Crippen LogP contribution in [0, 0.1) is 10.1 Å². The summed E-state index contributed by atoms with van der Waals surface area (Å²) in [6.45, 7) is 2.61. The van der Waals surface area contributed by atoms with E-state index in [2.05, 4.69) is 5.43 Å². The highest BCUT2D eigenvalue weighted by Crippen LogP contribution is 2.34. The SMILES string of the molecule is COc1cccc(NN2CCOCC2)c1[N+](=O)[O-]. The van der Waals surface area contributed by atoms with Crippen molar-refractivity contribution in [1.82, 2.24) is 5.01 Å². The molecule has 0 aromatic heterocycles. The molecular formula is C11H15N3O4. The molecule has 0 saturated carbocycles. The predicted octanol–water partition coefficient (Wildman–Crippen LogP) is 1.26. The summed E-state index contributed by atoms with van der Waals surface area (Å²) in [6, 6.07) is 4.95. The Morgan fingerprint density at radius 2 is 2.17 bits per heavy atom. The summed E-state index contributed by atoms with van der Waals surface area (Å²) in [4.78, 5) is 10.6. The minimum atomic E-state index is -0.443. The van der Waals surface area contributed by atoms with Crippen LogP contribution >= 0.6 is 0 Å². The Morgan fingerprint density at radius 1 is 1.44 bits per heavy atom. The summed E-state index contributed by atoms with van der Waals surface area (Å²) >= 11 is 0. The lowest BCUT2D eigenvalue weighted by Crippen LogP contribution is -2.40. The van der Waals surface area contributed by atoms with Gasteiger partial charge in [0.05, 0.1) is 25.2 Å². The van der Waals surface area contributed by atoms with Crippen molar-refractivity contribution in [2.45, 2.75) is 0 Å². The van der Waals surface area contributed by atoms with E-state index in [4.69, 9.17) is 9.47 Å². The maximum Gasteiger partial charge on any atom is 0.335 e. The van der Waals surface area contributed by atoms with Gasteiger partial charge in [0.15, 0.2) is 5.75 Å². The Labute approximate surface area is 104 Å². The molecule has 1 aliphatic rings. The number of morpholine rings is 1. The molecule has 0 atom stereocenters. The number of hydrazine groups is 1. The number of hydrogen-bond donors (Lipinski definition) is 1. The Bertz CT molecular complexity index is 432. The van der Waals surface area contributed by atoms with E-state index in [0.29, 0.717) is 32.0 Å². The van der Waals surface area contributed by atoms with Crippen molar-refractivity contribution in [2.24, 2.45) is 0 Å². The standard InChI is InChI=1S/C11H15N3O4/c1-17-10-4-2-3-9(11(10)14(15)16)12-13-5-7-18-8-6-13/h2-4,12H,5-8H2,1H3. The largest absolute Gasteiger partial charge is 0.490 e. The van der Waals surface area contributed by atoms with Gasteiger partial charge in [0.1, 0.15) is 5.69 Å². The average Bonchev–Trinajstić information content (AvgIpc) is 2.39. The lowest BCUT2D eigenvalue weighted by Gasteiger charge is -2.27. The Morgan fingerprint density at radius 3 is 2.78 bits per heavy atom. The molecule has 1 heterocycles. The van der Waals surface area contributed by atoms with Crippen molar-refractivity contribution in [1.29, 1.82) is 0 Å². The van der Waals surface area contributed by atoms with Gasteiger partial charge in [-0.3, -0.25) is 10.1 Å². The van der Waals surface area contributed by atoms with Gasteiger partial charge in [-0.1, -0.05) is 6.07 Å². The predicted molar refractivity (Wildman–Crippen MR) is 65.7 cm³/mol. The fraction of sp³-hybridized carbons (Fsp3) is 0.455.